The van der Waals surface area contributed by atoms with Gasteiger partial charge >= 0.3 is 5.97 Å². The second kappa shape index (κ2) is 5.79. The summed E-state index contributed by atoms with van der Waals surface area (Å²) in [6.45, 7) is 0. The van der Waals surface area contributed by atoms with Crippen LogP contribution in [-0.4, -0.2) is 5.97 Å². The molecule has 0 amide bonds. The van der Waals surface area contributed by atoms with E-state index in [2.05, 4.69) is 22.6 Å². The van der Waals surface area contributed by atoms with E-state index in [0.717, 1.165) is 20.3 Å². The van der Waals surface area contributed by atoms with Gasteiger partial charge in [-0.25, -0.2) is 4.79 Å². The molecule has 0 bridgehead atoms. The minimum Gasteiger partial charge on any atom is -0.449 e. The highest BCUT2D eigenvalue weighted by Gasteiger charge is 2.33. The summed E-state index contributed by atoms with van der Waals surface area (Å²) in [7, 11) is 0. The summed E-state index contributed by atoms with van der Waals surface area (Å²) >= 11 is 2.24. The van der Waals surface area contributed by atoms with Gasteiger partial charge in [-0.3, -0.25) is 0 Å². The minimum absolute atomic E-state index is 0.202. The van der Waals surface area contributed by atoms with E-state index in [9.17, 15) is 4.79 Å². The normalized spacial score (nSPS) is 18.2. The number of carbonyl (C=O) groups is 1. The Morgan fingerprint density at radius 3 is 2.20 bits per heavy atom. The van der Waals surface area contributed by atoms with Gasteiger partial charge < -0.3 is 4.74 Å². The molecular weight excluding hydrogens is 363 g/mol. The summed E-state index contributed by atoms with van der Waals surface area (Å²) in [5, 5.41) is 0. The molecule has 2 aromatic carbocycles. The molecule has 0 spiro atoms. The average molecular weight is 376 g/mol. The van der Waals surface area contributed by atoms with Gasteiger partial charge in [0.1, 0.15) is 0 Å². The van der Waals surface area contributed by atoms with Crippen LogP contribution in [0.4, 0.5) is 0 Å². The first kappa shape index (κ1) is 13.4. The van der Waals surface area contributed by atoms with E-state index in [1.165, 1.54) is 0 Å². The fourth-order valence-corrected chi connectivity index (χ4v) is 3.18. The number of benzene rings is 2. The lowest BCUT2D eigenvalue weighted by Gasteiger charge is -2.10. The zero-order valence-electron chi connectivity index (χ0n) is 10.8. The lowest BCUT2D eigenvalue weighted by atomic mass is 10.0. The van der Waals surface area contributed by atoms with Crippen LogP contribution in [0, 0.1) is 0 Å². The molecule has 0 saturated carbocycles. The highest BCUT2D eigenvalue weighted by atomic mass is 127. The van der Waals surface area contributed by atoms with Gasteiger partial charge in [-0.05, 0) is 33.7 Å². The van der Waals surface area contributed by atoms with Crippen molar-refractivity contribution in [3.8, 4) is 0 Å². The number of rotatable bonds is 3. The van der Waals surface area contributed by atoms with Crippen LogP contribution >= 0.6 is 22.6 Å². The SMILES string of the molecule is O=C1OC(c2ccccc2)C(I)=C1Cc1ccccc1. The molecule has 100 valence electrons. The van der Waals surface area contributed by atoms with Crippen molar-refractivity contribution in [1.29, 1.82) is 0 Å². The van der Waals surface area contributed by atoms with Gasteiger partial charge in [0.2, 0.25) is 0 Å². The van der Waals surface area contributed by atoms with E-state index in [4.69, 9.17) is 4.74 Å². The van der Waals surface area contributed by atoms with E-state index >= 15 is 0 Å². The third kappa shape index (κ3) is 2.63. The maximum Gasteiger partial charge on any atom is 0.336 e. The summed E-state index contributed by atoms with van der Waals surface area (Å²) in [6.07, 6.45) is 0.379. The molecule has 0 aromatic heterocycles. The van der Waals surface area contributed by atoms with Gasteiger partial charge in [-0.1, -0.05) is 60.7 Å². The zero-order chi connectivity index (χ0) is 13.9. The fourth-order valence-electron chi connectivity index (χ4n) is 2.28. The summed E-state index contributed by atoms with van der Waals surface area (Å²) in [5.41, 5.74) is 2.92. The van der Waals surface area contributed by atoms with Gasteiger partial charge in [-0.2, -0.15) is 0 Å². The predicted octanol–water partition coefficient (Wildman–Crippen LogP) is 4.22. The van der Waals surface area contributed by atoms with Crippen LogP contribution in [0.2, 0.25) is 0 Å². The molecule has 1 unspecified atom stereocenters. The quantitative estimate of drug-likeness (QED) is 0.593. The van der Waals surface area contributed by atoms with Crippen LogP contribution in [-0.2, 0) is 16.0 Å². The molecule has 0 aliphatic carbocycles. The first-order valence-electron chi connectivity index (χ1n) is 6.44. The van der Waals surface area contributed by atoms with Gasteiger partial charge in [0.25, 0.3) is 0 Å². The predicted molar refractivity (Wildman–Crippen MR) is 86.5 cm³/mol. The Bertz CT molecular complexity index is 647. The molecule has 1 heterocycles. The molecule has 1 atom stereocenters. The van der Waals surface area contributed by atoms with Crippen LogP contribution < -0.4 is 0 Å². The molecule has 3 heteroatoms. The third-order valence-corrected chi connectivity index (χ3v) is 4.53. The van der Waals surface area contributed by atoms with Gasteiger partial charge in [-0.15, -0.1) is 0 Å². The molecule has 0 radical (unpaired) electrons. The second-order valence-corrected chi connectivity index (χ2v) is 5.85. The standard InChI is InChI=1S/C17H13IO2/c18-15-14(11-12-7-3-1-4-8-12)17(19)20-16(15)13-9-5-2-6-10-13/h1-10,16H,11H2. The molecule has 1 aliphatic rings. The summed E-state index contributed by atoms with van der Waals surface area (Å²) in [4.78, 5) is 12.1. The highest BCUT2D eigenvalue weighted by molar-refractivity contribution is 14.1. The molecular formula is C17H13IO2. The highest BCUT2D eigenvalue weighted by Crippen LogP contribution is 2.40. The van der Waals surface area contributed by atoms with Crippen LogP contribution in [0.3, 0.4) is 0 Å². The first-order chi connectivity index (χ1) is 9.75. The summed E-state index contributed by atoms with van der Waals surface area (Å²) in [5.74, 6) is -0.202. The Morgan fingerprint density at radius 1 is 0.950 bits per heavy atom. The lowest BCUT2D eigenvalue weighted by Crippen LogP contribution is -2.04. The van der Waals surface area contributed by atoms with Crippen LogP contribution in [0.1, 0.15) is 17.2 Å². The number of esters is 1. The Kier molecular flexibility index (Phi) is 3.87. The molecule has 20 heavy (non-hydrogen) atoms. The van der Waals surface area contributed by atoms with Crippen LogP contribution in [0.5, 0.6) is 0 Å². The van der Waals surface area contributed by atoms with Gasteiger partial charge in [0, 0.05) is 10.0 Å². The molecule has 2 aromatic rings. The second-order valence-electron chi connectivity index (χ2n) is 4.68. The molecule has 0 saturated heterocycles. The number of hydrogen-bond acceptors (Lipinski definition) is 2. The van der Waals surface area contributed by atoms with Crippen molar-refractivity contribution in [3.05, 3.63) is 80.9 Å². The van der Waals surface area contributed by atoms with Crippen molar-refractivity contribution >= 4 is 28.6 Å². The fraction of sp³-hybridized carbons (Fsp3) is 0.118. The van der Waals surface area contributed by atoms with E-state index in [-0.39, 0.29) is 12.1 Å². The molecule has 1 aliphatic heterocycles. The number of halogens is 1. The lowest BCUT2D eigenvalue weighted by molar-refractivity contribution is -0.140. The van der Waals surface area contributed by atoms with E-state index in [1.807, 2.05) is 60.7 Å². The van der Waals surface area contributed by atoms with Gasteiger partial charge in [0.05, 0.1) is 5.57 Å². The van der Waals surface area contributed by atoms with E-state index in [1.54, 1.807) is 0 Å². The monoisotopic (exact) mass is 376 g/mol. The van der Waals surface area contributed by atoms with Crippen LogP contribution in [0.25, 0.3) is 0 Å². The number of hydrogen-bond donors (Lipinski definition) is 0. The Hall–Kier alpha value is -1.62. The van der Waals surface area contributed by atoms with Crippen molar-refractivity contribution in [3.63, 3.8) is 0 Å². The molecule has 0 fully saturated rings. The van der Waals surface area contributed by atoms with E-state index in [0.29, 0.717) is 6.42 Å². The molecule has 0 N–H and O–H groups in total. The number of ether oxygens (including phenoxy) is 1. The zero-order valence-corrected chi connectivity index (χ0v) is 12.9. The van der Waals surface area contributed by atoms with Crippen molar-refractivity contribution < 1.29 is 9.53 Å². The van der Waals surface area contributed by atoms with E-state index < -0.39 is 0 Å². The number of carbonyl (C=O) groups excluding carboxylic acids is 1. The van der Waals surface area contributed by atoms with Crippen LogP contribution in [0.15, 0.2) is 69.8 Å². The Labute approximate surface area is 131 Å². The Morgan fingerprint density at radius 2 is 1.55 bits per heavy atom. The average Bonchev–Trinajstić information content (AvgIpc) is 2.77. The van der Waals surface area contributed by atoms with Gasteiger partial charge in [0.15, 0.2) is 6.10 Å². The first-order valence-corrected chi connectivity index (χ1v) is 7.52. The topological polar surface area (TPSA) is 26.3 Å². The Balaban J connectivity index is 1.90. The maximum atomic E-state index is 12.1. The van der Waals surface area contributed by atoms with Crippen molar-refractivity contribution in [2.45, 2.75) is 12.5 Å². The minimum atomic E-state index is -0.247. The van der Waals surface area contributed by atoms with Crippen molar-refractivity contribution in [2.75, 3.05) is 0 Å². The smallest absolute Gasteiger partial charge is 0.336 e. The van der Waals surface area contributed by atoms with Crippen molar-refractivity contribution in [2.24, 2.45) is 0 Å². The molecule has 2 nitrogen and oxygen atoms in total. The summed E-state index contributed by atoms with van der Waals surface area (Å²) in [6, 6.07) is 19.9. The number of cyclic esters (lactones) is 1. The largest absolute Gasteiger partial charge is 0.449 e. The molecule has 3 rings (SSSR count). The third-order valence-electron chi connectivity index (χ3n) is 3.32. The summed E-state index contributed by atoms with van der Waals surface area (Å²) < 4.78 is 6.51. The maximum absolute atomic E-state index is 12.1. The van der Waals surface area contributed by atoms with Crippen molar-refractivity contribution in [1.82, 2.24) is 0 Å².